The van der Waals surface area contributed by atoms with E-state index in [0.29, 0.717) is 25.2 Å². The fourth-order valence-corrected chi connectivity index (χ4v) is 3.58. The quantitative estimate of drug-likeness (QED) is 0.599. The van der Waals surface area contributed by atoms with E-state index in [1.54, 1.807) is 7.05 Å². The number of carbonyl (C=O) groups excluding carboxylic acids is 1. The average Bonchev–Trinajstić information content (AvgIpc) is 2.49. The van der Waals surface area contributed by atoms with Crippen LogP contribution in [0.2, 0.25) is 0 Å². The highest BCUT2D eigenvalue weighted by Crippen LogP contribution is 2.38. The smallest absolute Gasteiger partial charge is 0.248 e. The summed E-state index contributed by atoms with van der Waals surface area (Å²) in [5.41, 5.74) is 6.06. The van der Waals surface area contributed by atoms with Gasteiger partial charge >= 0.3 is 0 Å². The number of amides is 1. The maximum atomic E-state index is 13.5. The van der Waals surface area contributed by atoms with Crippen molar-refractivity contribution in [2.75, 3.05) is 7.05 Å². The molecule has 142 valence electrons. The van der Waals surface area contributed by atoms with E-state index in [1.165, 1.54) is 0 Å². The van der Waals surface area contributed by atoms with Crippen LogP contribution in [0.3, 0.4) is 0 Å². The van der Waals surface area contributed by atoms with Crippen molar-refractivity contribution in [1.29, 1.82) is 0 Å². The van der Waals surface area contributed by atoms with Crippen molar-refractivity contribution in [3.63, 3.8) is 0 Å². The van der Waals surface area contributed by atoms with E-state index in [1.807, 2.05) is 0 Å². The van der Waals surface area contributed by atoms with Gasteiger partial charge in [0.05, 0.1) is 6.10 Å². The molecule has 1 fully saturated rings. The Kier molecular flexibility index (Phi) is 8.57. The van der Waals surface area contributed by atoms with Crippen LogP contribution in [0.4, 0.5) is 8.78 Å². The van der Waals surface area contributed by atoms with Gasteiger partial charge in [-0.1, -0.05) is 20.3 Å². The van der Waals surface area contributed by atoms with Crippen LogP contribution in [-0.4, -0.2) is 36.1 Å². The predicted molar refractivity (Wildman–Crippen MR) is 91.7 cm³/mol. The molecule has 0 heterocycles. The molecular weight excluding hydrogens is 314 g/mol. The fraction of sp³-hybridized carbons (Fsp3) is 0.944. The van der Waals surface area contributed by atoms with Crippen LogP contribution in [0.25, 0.3) is 0 Å². The highest BCUT2D eigenvalue weighted by Gasteiger charge is 2.37. The molecule has 0 aromatic carbocycles. The largest absolute Gasteiger partial charge is 0.391 e. The van der Waals surface area contributed by atoms with Gasteiger partial charge in [0.25, 0.3) is 0 Å². The Morgan fingerprint density at radius 1 is 1.38 bits per heavy atom. The van der Waals surface area contributed by atoms with E-state index in [4.69, 9.17) is 5.73 Å². The standard InChI is InChI=1S/C18H34F2N2O2/c1-12(2)6-7-14(17(24)22-3)10-16(23)15(21)9-13-5-4-8-18(19,20)11-13/h12-16,23H,4-11,21H2,1-3H3,(H,22,24)/t13?,14-,15+,16+/m1/s1. The maximum Gasteiger partial charge on any atom is 0.248 e. The average molecular weight is 348 g/mol. The van der Waals surface area contributed by atoms with Crippen molar-refractivity contribution in [1.82, 2.24) is 5.32 Å². The number of hydrogen-bond acceptors (Lipinski definition) is 3. The molecular formula is C18H34F2N2O2. The molecule has 0 radical (unpaired) electrons. The molecule has 1 saturated carbocycles. The molecule has 24 heavy (non-hydrogen) atoms. The summed E-state index contributed by atoms with van der Waals surface area (Å²) >= 11 is 0. The van der Waals surface area contributed by atoms with E-state index >= 15 is 0 Å². The minimum Gasteiger partial charge on any atom is -0.391 e. The first kappa shape index (κ1) is 21.3. The summed E-state index contributed by atoms with van der Waals surface area (Å²) in [7, 11) is 1.58. The molecule has 0 bridgehead atoms. The van der Waals surface area contributed by atoms with Crippen molar-refractivity contribution >= 4 is 5.91 Å². The van der Waals surface area contributed by atoms with Crippen LogP contribution in [-0.2, 0) is 4.79 Å². The van der Waals surface area contributed by atoms with Crippen LogP contribution < -0.4 is 11.1 Å². The second-order valence-corrected chi connectivity index (χ2v) is 7.80. The van der Waals surface area contributed by atoms with E-state index in [0.717, 1.165) is 12.8 Å². The van der Waals surface area contributed by atoms with E-state index in [9.17, 15) is 18.7 Å². The molecule has 1 aliphatic rings. The van der Waals surface area contributed by atoms with Crippen LogP contribution in [0.1, 0.15) is 65.2 Å². The highest BCUT2D eigenvalue weighted by atomic mass is 19.3. The number of hydrogen-bond donors (Lipinski definition) is 3. The summed E-state index contributed by atoms with van der Waals surface area (Å²) < 4.78 is 27.0. The van der Waals surface area contributed by atoms with Gasteiger partial charge in [0, 0.05) is 31.8 Å². The minimum absolute atomic E-state index is 0.0464. The number of nitrogens with one attached hydrogen (secondary N) is 1. The zero-order valence-corrected chi connectivity index (χ0v) is 15.2. The SMILES string of the molecule is CNC(=O)[C@H](CCC(C)C)C[C@H](O)[C@@H](N)CC1CCCC(F)(F)C1. The third kappa shape index (κ3) is 7.43. The van der Waals surface area contributed by atoms with Gasteiger partial charge in [-0.05, 0) is 43.9 Å². The lowest BCUT2D eigenvalue weighted by molar-refractivity contribution is -0.126. The van der Waals surface area contributed by atoms with Gasteiger partial charge in [0.15, 0.2) is 0 Å². The van der Waals surface area contributed by atoms with E-state index in [-0.39, 0.29) is 37.0 Å². The third-order valence-corrected chi connectivity index (χ3v) is 5.08. The first-order chi connectivity index (χ1) is 11.1. The van der Waals surface area contributed by atoms with Gasteiger partial charge < -0.3 is 16.2 Å². The van der Waals surface area contributed by atoms with Crippen molar-refractivity contribution in [2.45, 2.75) is 83.3 Å². The molecule has 0 spiro atoms. The molecule has 1 rings (SSSR count). The van der Waals surface area contributed by atoms with Crippen molar-refractivity contribution < 1.29 is 18.7 Å². The fourth-order valence-electron chi connectivity index (χ4n) is 3.58. The lowest BCUT2D eigenvalue weighted by Gasteiger charge is -2.32. The van der Waals surface area contributed by atoms with Gasteiger partial charge in [-0.25, -0.2) is 8.78 Å². The number of aliphatic hydroxyl groups excluding tert-OH is 1. The van der Waals surface area contributed by atoms with Crippen LogP contribution in [0, 0.1) is 17.8 Å². The Labute approximate surface area is 144 Å². The van der Waals surface area contributed by atoms with Crippen molar-refractivity contribution in [2.24, 2.45) is 23.5 Å². The highest BCUT2D eigenvalue weighted by molar-refractivity contribution is 5.78. The molecule has 0 aliphatic heterocycles. The molecule has 6 heteroatoms. The molecule has 4 N–H and O–H groups in total. The molecule has 4 nitrogen and oxygen atoms in total. The monoisotopic (exact) mass is 348 g/mol. The summed E-state index contributed by atoms with van der Waals surface area (Å²) in [6, 6.07) is -0.560. The van der Waals surface area contributed by atoms with Crippen molar-refractivity contribution in [3.05, 3.63) is 0 Å². The van der Waals surface area contributed by atoms with Crippen LogP contribution in [0.5, 0.6) is 0 Å². The van der Waals surface area contributed by atoms with Gasteiger partial charge in [0.2, 0.25) is 11.8 Å². The van der Waals surface area contributed by atoms with E-state index < -0.39 is 18.1 Å². The third-order valence-electron chi connectivity index (χ3n) is 5.08. The Bertz CT molecular complexity index is 391. The Hall–Kier alpha value is -0.750. The first-order valence-electron chi connectivity index (χ1n) is 9.17. The molecule has 1 aliphatic carbocycles. The molecule has 0 aromatic heterocycles. The summed E-state index contributed by atoms with van der Waals surface area (Å²) in [5, 5.41) is 13.0. The summed E-state index contributed by atoms with van der Waals surface area (Å²) in [6.45, 7) is 4.18. The number of halogens is 2. The molecule has 0 saturated heterocycles. The van der Waals surface area contributed by atoms with E-state index in [2.05, 4.69) is 19.2 Å². The van der Waals surface area contributed by atoms with Crippen LogP contribution in [0.15, 0.2) is 0 Å². The lowest BCUT2D eigenvalue weighted by Crippen LogP contribution is -2.41. The molecule has 1 amide bonds. The normalized spacial score (nSPS) is 24.4. The van der Waals surface area contributed by atoms with Crippen molar-refractivity contribution in [3.8, 4) is 0 Å². The van der Waals surface area contributed by atoms with Crippen LogP contribution >= 0.6 is 0 Å². The molecule has 1 unspecified atom stereocenters. The summed E-state index contributed by atoms with van der Waals surface area (Å²) in [6.07, 6.45) is 2.50. The number of carbonyl (C=O) groups is 1. The maximum absolute atomic E-state index is 13.5. The Balaban J connectivity index is 2.52. The van der Waals surface area contributed by atoms with Gasteiger partial charge in [0.1, 0.15) is 0 Å². The molecule has 0 aromatic rings. The molecule has 4 atom stereocenters. The number of rotatable bonds is 9. The minimum atomic E-state index is -2.60. The summed E-state index contributed by atoms with van der Waals surface area (Å²) in [4.78, 5) is 12.0. The van der Waals surface area contributed by atoms with Gasteiger partial charge in [-0.15, -0.1) is 0 Å². The Morgan fingerprint density at radius 3 is 2.58 bits per heavy atom. The zero-order chi connectivity index (χ0) is 18.3. The Morgan fingerprint density at radius 2 is 2.04 bits per heavy atom. The number of nitrogens with two attached hydrogens (primary N) is 1. The topological polar surface area (TPSA) is 75.3 Å². The summed E-state index contributed by atoms with van der Waals surface area (Å²) in [5.74, 6) is -2.65. The number of aliphatic hydroxyl groups is 1. The number of alkyl halides is 2. The lowest BCUT2D eigenvalue weighted by atomic mass is 9.80. The van der Waals surface area contributed by atoms with Gasteiger partial charge in [-0.2, -0.15) is 0 Å². The zero-order valence-electron chi connectivity index (χ0n) is 15.2. The second-order valence-electron chi connectivity index (χ2n) is 7.80. The predicted octanol–water partition coefficient (Wildman–Crippen LogP) is 3.08. The van der Waals surface area contributed by atoms with Gasteiger partial charge in [-0.3, -0.25) is 4.79 Å². The first-order valence-corrected chi connectivity index (χ1v) is 9.17. The second kappa shape index (κ2) is 9.66.